The van der Waals surface area contributed by atoms with Crippen LogP contribution in [-0.2, 0) is 0 Å². The molecule has 2 heterocycles. The Morgan fingerprint density at radius 2 is 2.04 bits per heavy atom. The third-order valence-corrected chi connectivity index (χ3v) is 6.28. The van der Waals surface area contributed by atoms with Gasteiger partial charge >= 0.3 is 0 Å². The van der Waals surface area contributed by atoms with Gasteiger partial charge in [0.2, 0.25) is 0 Å². The molecule has 0 bridgehead atoms. The van der Waals surface area contributed by atoms with Crippen molar-refractivity contribution in [2.24, 2.45) is 16.8 Å². The lowest BCUT2D eigenvalue weighted by atomic mass is 9.82. The maximum absolute atomic E-state index is 10.3. The molecule has 7 heteroatoms. The Morgan fingerprint density at radius 3 is 2.58 bits per heavy atom. The number of guanidine groups is 1. The second-order valence-corrected chi connectivity index (χ2v) is 8.31. The lowest BCUT2D eigenvalue weighted by molar-refractivity contribution is 0.190. The number of nitrogens with one attached hydrogen (secondary N) is 1. The van der Waals surface area contributed by atoms with Gasteiger partial charge in [-0.1, -0.05) is 24.4 Å². The Balaban J connectivity index is 0.00000208. The van der Waals surface area contributed by atoms with Crippen LogP contribution in [0.5, 0.6) is 0 Å². The average molecular weight is 484 g/mol. The van der Waals surface area contributed by atoms with Gasteiger partial charge in [0.05, 0.1) is 10.9 Å². The Hall–Kier alpha value is -0.0500. The summed E-state index contributed by atoms with van der Waals surface area (Å²) in [6.45, 7) is 5.54. The first kappa shape index (κ1) is 20.3. The number of aliphatic imine (C=N–C) groups is 1. The highest BCUT2D eigenvalue weighted by Gasteiger charge is 2.35. The molecule has 1 aromatic heterocycles. The number of fused-ring (bicyclic) bond motifs is 1. The first-order valence-corrected chi connectivity index (χ1v) is 9.83. The van der Waals surface area contributed by atoms with Crippen LogP contribution in [0.4, 0.5) is 0 Å². The molecule has 0 spiro atoms. The van der Waals surface area contributed by atoms with E-state index >= 15 is 0 Å². The Labute approximate surface area is 170 Å². The lowest BCUT2D eigenvalue weighted by Crippen LogP contribution is -2.40. The van der Waals surface area contributed by atoms with E-state index in [0.717, 1.165) is 42.3 Å². The van der Waals surface area contributed by atoms with Gasteiger partial charge in [0.15, 0.2) is 5.96 Å². The van der Waals surface area contributed by atoms with Gasteiger partial charge < -0.3 is 15.3 Å². The standard InChI is InChI=1S/C17H26ClN3OS.HI/c1-2-19-17(20-9-14(22)15-7-8-16(18)23-15)21-10-12-5-3-4-6-13(12)11-21;/h7-8,12-14,22H,2-6,9-11H2,1H3,(H,19,20);1H. The van der Waals surface area contributed by atoms with Crippen molar-refractivity contribution >= 4 is 52.9 Å². The Morgan fingerprint density at radius 1 is 1.38 bits per heavy atom. The second kappa shape index (κ2) is 9.59. The average Bonchev–Trinajstić information content (AvgIpc) is 3.17. The van der Waals surface area contributed by atoms with E-state index in [9.17, 15) is 5.11 Å². The SMILES string of the molecule is CCNC(=NCC(O)c1ccc(Cl)s1)N1CC2CCCCC2C1.I. The molecule has 4 nitrogen and oxygen atoms in total. The number of nitrogens with zero attached hydrogens (tertiary/aromatic N) is 2. The maximum Gasteiger partial charge on any atom is 0.194 e. The summed E-state index contributed by atoms with van der Waals surface area (Å²) in [5, 5.41) is 13.7. The maximum atomic E-state index is 10.3. The van der Waals surface area contributed by atoms with Gasteiger partial charge in [-0.15, -0.1) is 35.3 Å². The molecule has 24 heavy (non-hydrogen) atoms. The molecule has 1 aromatic rings. The van der Waals surface area contributed by atoms with Gasteiger partial charge in [-0.2, -0.15) is 0 Å². The summed E-state index contributed by atoms with van der Waals surface area (Å²) in [7, 11) is 0. The van der Waals surface area contributed by atoms with E-state index in [-0.39, 0.29) is 24.0 Å². The van der Waals surface area contributed by atoms with Crippen LogP contribution in [0.3, 0.4) is 0 Å². The van der Waals surface area contributed by atoms with Crippen molar-refractivity contribution in [3.05, 3.63) is 21.3 Å². The van der Waals surface area contributed by atoms with Gasteiger partial charge in [0.25, 0.3) is 0 Å². The number of hydrogen-bond acceptors (Lipinski definition) is 3. The summed E-state index contributed by atoms with van der Waals surface area (Å²) in [6.07, 6.45) is 4.89. The molecule has 0 aromatic carbocycles. The van der Waals surface area contributed by atoms with Crippen molar-refractivity contribution in [3.63, 3.8) is 0 Å². The fourth-order valence-corrected chi connectivity index (χ4v) is 4.81. The highest BCUT2D eigenvalue weighted by molar-refractivity contribution is 14.0. The molecule has 3 atom stereocenters. The van der Waals surface area contributed by atoms with E-state index in [2.05, 4.69) is 22.1 Å². The molecule has 1 aliphatic heterocycles. The zero-order valence-corrected chi connectivity index (χ0v) is 18.0. The summed E-state index contributed by atoms with van der Waals surface area (Å²) in [6, 6.07) is 3.70. The van der Waals surface area contributed by atoms with Gasteiger partial charge in [0, 0.05) is 24.5 Å². The molecule has 2 N–H and O–H groups in total. The largest absolute Gasteiger partial charge is 0.386 e. The van der Waals surface area contributed by atoms with E-state index < -0.39 is 6.10 Å². The van der Waals surface area contributed by atoms with Crippen molar-refractivity contribution in [1.82, 2.24) is 10.2 Å². The van der Waals surface area contributed by atoms with E-state index in [0.29, 0.717) is 10.9 Å². The molecule has 0 amide bonds. The van der Waals surface area contributed by atoms with Gasteiger partial charge in [0.1, 0.15) is 6.10 Å². The number of hydrogen-bond donors (Lipinski definition) is 2. The van der Waals surface area contributed by atoms with E-state index in [4.69, 9.17) is 11.6 Å². The second-order valence-electron chi connectivity index (χ2n) is 6.56. The third kappa shape index (κ3) is 4.99. The molecule has 1 saturated carbocycles. The topological polar surface area (TPSA) is 47.9 Å². The minimum absolute atomic E-state index is 0. The van der Waals surface area contributed by atoms with Crippen LogP contribution in [0.2, 0.25) is 4.34 Å². The number of likely N-dealkylation sites (tertiary alicyclic amines) is 1. The van der Waals surface area contributed by atoms with Crippen molar-refractivity contribution in [2.45, 2.75) is 38.7 Å². The summed E-state index contributed by atoms with van der Waals surface area (Å²) < 4.78 is 0.707. The number of thiophene rings is 1. The van der Waals surface area contributed by atoms with Crippen molar-refractivity contribution < 1.29 is 5.11 Å². The van der Waals surface area contributed by atoms with Crippen LogP contribution in [-0.4, -0.2) is 42.1 Å². The van der Waals surface area contributed by atoms with Gasteiger partial charge in [-0.3, -0.25) is 4.99 Å². The van der Waals surface area contributed by atoms with Gasteiger partial charge in [-0.25, -0.2) is 0 Å². The molecule has 1 saturated heterocycles. The summed E-state index contributed by atoms with van der Waals surface area (Å²) in [5.41, 5.74) is 0. The fourth-order valence-electron chi connectivity index (χ4n) is 3.77. The van der Waals surface area contributed by atoms with Crippen molar-refractivity contribution in [1.29, 1.82) is 0 Å². The summed E-state index contributed by atoms with van der Waals surface area (Å²) in [5.74, 6) is 2.60. The third-order valence-electron chi connectivity index (χ3n) is 4.95. The molecule has 1 aliphatic carbocycles. The molecular formula is C17H27ClIN3OS. The molecular weight excluding hydrogens is 457 g/mol. The minimum atomic E-state index is -0.578. The van der Waals surface area contributed by atoms with Crippen LogP contribution in [0, 0.1) is 11.8 Å². The smallest absolute Gasteiger partial charge is 0.194 e. The van der Waals surface area contributed by atoms with Gasteiger partial charge in [-0.05, 0) is 43.7 Å². The zero-order valence-electron chi connectivity index (χ0n) is 14.1. The first-order valence-electron chi connectivity index (χ1n) is 8.64. The first-order chi connectivity index (χ1) is 11.2. The van der Waals surface area contributed by atoms with Crippen LogP contribution < -0.4 is 5.32 Å². The fraction of sp³-hybridized carbons (Fsp3) is 0.706. The zero-order chi connectivity index (χ0) is 16.2. The number of rotatable bonds is 4. The number of halogens is 2. The molecule has 2 aliphatic rings. The Kier molecular flexibility index (Phi) is 8.10. The number of aliphatic hydroxyl groups is 1. The normalized spacial score (nSPS) is 25.1. The minimum Gasteiger partial charge on any atom is -0.386 e. The highest BCUT2D eigenvalue weighted by Crippen LogP contribution is 2.36. The van der Waals surface area contributed by atoms with Crippen molar-refractivity contribution in [2.75, 3.05) is 26.2 Å². The van der Waals surface area contributed by atoms with Crippen LogP contribution >= 0.6 is 46.9 Å². The van der Waals surface area contributed by atoms with E-state index in [1.165, 1.54) is 37.0 Å². The quantitative estimate of drug-likeness (QED) is 0.384. The summed E-state index contributed by atoms with van der Waals surface area (Å²) in [4.78, 5) is 7.95. The molecule has 2 fully saturated rings. The lowest BCUT2D eigenvalue weighted by Gasteiger charge is -2.22. The predicted octanol–water partition coefficient (Wildman–Crippen LogP) is 4.14. The van der Waals surface area contributed by atoms with Crippen LogP contribution in [0.25, 0.3) is 0 Å². The van der Waals surface area contributed by atoms with Crippen molar-refractivity contribution in [3.8, 4) is 0 Å². The molecule has 136 valence electrons. The molecule has 3 rings (SSSR count). The summed E-state index contributed by atoms with van der Waals surface area (Å²) >= 11 is 7.36. The van der Waals surface area contributed by atoms with E-state index in [1.807, 2.05) is 12.1 Å². The molecule has 3 unspecified atom stereocenters. The van der Waals surface area contributed by atoms with E-state index in [1.54, 1.807) is 0 Å². The Bertz CT molecular complexity index is 540. The monoisotopic (exact) mass is 483 g/mol. The van der Waals surface area contributed by atoms with Crippen LogP contribution in [0.15, 0.2) is 17.1 Å². The number of aliphatic hydroxyl groups excluding tert-OH is 1. The molecule has 0 radical (unpaired) electrons. The van der Waals surface area contributed by atoms with Crippen LogP contribution in [0.1, 0.15) is 43.6 Å². The highest BCUT2D eigenvalue weighted by atomic mass is 127. The predicted molar refractivity (Wildman–Crippen MR) is 113 cm³/mol.